The first kappa shape index (κ1) is 14.7. The largest absolute Gasteiger partial charge is 0.451 e. The van der Waals surface area contributed by atoms with Crippen LogP contribution in [0.1, 0.15) is 24.4 Å². The number of aliphatic hydroxyl groups excluding tert-OH is 1. The van der Waals surface area contributed by atoms with Crippen molar-refractivity contribution < 1.29 is 18.3 Å². The molecular weight excluding hydrogens is 295 g/mol. The van der Waals surface area contributed by atoms with Crippen LogP contribution in [0, 0.1) is 0 Å². The Morgan fingerprint density at radius 2 is 1.75 bits per heavy atom. The smallest absolute Gasteiger partial charge is 0.389 e. The summed E-state index contributed by atoms with van der Waals surface area (Å²) in [5.41, 5.74) is 1.06. The summed E-state index contributed by atoms with van der Waals surface area (Å²) in [6.07, 6.45) is -1.96. The van der Waals surface area contributed by atoms with Crippen LogP contribution in [-0.2, 0) is 6.18 Å². The molecule has 0 bridgehead atoms. The van der Waals surface area contributed by atoms with Crippen molar-refractivity contribution in [3.8, 4) is 11.3 Å². The molecule has 8 heteroatoms. The quantitative estimate of drug-likeness (QED) is 0.925. The monoisotopic (exact) mass is 303 g/mol. The minimum Gasteiger partial charge on any atom is -0.389 e. The zero-order valence-corrected chi connectivity index (χ0v) is 10.9. The summed E-state index contributed by atoms with van der Waals surface area (Å²) >= 11 is 5.96. The van der Waals surface area contributed by atoms with Crippen molar-refractivity contribution in [2.75, 3.05) is 0 Å². The molecule has 0 aliphatic heterocycles. The van der Waals surface area contributed by atoms with E-state index in [0.29, 0.717) is 16.8 Å². The number of pyridine rings is 1. The number of rotatable bonds is 2. The average molecular weight is 304 g/mol. The zero-order chi connectivity index (χ0) is 14.9. The highest BCUT2D eigenvalue weighted by atomic mass is 35.5. The van der Waals surface area contributed by atoms with E-state index in [9.17, 15) is 18.3 Å². The maximum atomic E-state index is 12.3. The van der Waals surface area contributed by atoms with Crippen LogP contribution in [0.3, 0.4) is 0 Å². The summed E-state index contributed by atoms with van der Waals surface area (Å²) in [5, 5.41) is 9.69. The molecule has 2 aromatic rings. The number of aliphatic hydroxyl groups is 1. The Kier molecular flexibility index (Phi) is 3.92. The van der Waals surface area contributed by atoms with E-state index in [2.05, 4.69) is 15.0 Å². The van der Waals surface area contributed by atoms with E-state index in [1.165, 1.54) is 19.2 Å². The van der Waals surface area contributed by atoms with Crippen LogP contribution in [-0.4, -0.2) is 20.1 Å². The van der Waals surface area contributed by atoms with Crippen molar-refractivity contribution in [3.63, 3.8) is 0 Å². The van der Waals surface area contributed by atoms with Gasteiger partial charge in [-0.3, -0.25) is 4.98 Å². The highest BCUT2D eigenvalue weighted by molar-refractivity contribution is 6.31. The molecule has 1 atom stereocenters. The van der Waals surface area contributed by atoms with E-state index < -0.39 is 18.1 Å². The van der Waals surface area contributed by atoms with Gasteiger partial charge < -0.3 is 5.11 Å². The molecule has 1 N–H and O–H groups in total. The number of hydrogen-bond acceptors (Lipinski definition) is 4. The summed E-state index contributed by atoms with van der Waals surface area (Å²) in [7, 11) is 0. The van der Waals surface area contributed by atoms with Crippen molar-refractivity contribution in [1.82, 2.24) is 15.0 Å². The van der Waals surface area contributed by atoms with Crippen LogP contribution < -0.4 is 0 Å². The SMILES string of the molecule is CC(O)c1cnc(-c2cnc(C(F)(F)F)nc2)cc1Cl. The Bertz CT molecular complexity index is 614. The third kappa shape index (κ3) is 3.05. The number of alkyl halides is 3. The minimum absolute atomic E-state index is 0.268. The van der Waals surface area contributed by atoms with Crippen molar-refractivity contribution in [2.24, 2.45) is 0 Å². The molecule has 1 unspecified atom stereocenters. The summed E-state index contributed by atoms with van der Waals surface area (Å²) in [5.74, 6) is -1.21. The van der Waals surface area contributed by atoms with E-state index in [-0.39, 0.29) is 5.02 Å². The summed E-state index contributed by atoms with van der Waals surface area (Å²) < 4.78 is 37.0. The van der Waals surface area contributed by atoms with Crippen LogP contribution in [0.15, 0.2) is 24.7 Å². The fraction of sp³-hybridized carbons (Fsp3) is 0.250. The van der Waals surface area contributed by atoms with Gasteiger partial charge >= 0.3 is 6.18 Å². The van der Waals surface area contributed by atoms with E-state index in [0.717, 1.165) is 12.4 Å². The van der Waals surface area contributed by atoms with Crippen molar-refractivity contribution in [2.45, 2.75) is 19.2 Å². The Hall–Kier alpha value is -1.73. The second-order valence-electron chi connectivity index (χ2n) is 4.06. The van der Waals surface area contributed by atoms with Gasteiger partial charge in [0.05, 0.1) is 16.8 Å². The molecule has 2 rings (SSSR count). The molecule has 0 aromatic carbocycles. The van der Waals surface area contributed by atoms with Gasteiger partial charge in [-0.1, -0.05) is 11.6 Å². The van der Waals surface area contributed by atoms with Crippen LogP contribution in [0.2, 0.25) is 5.02 Å². The van der Waals surface area contributed by atoms with Crippen LogP contribution in [0.25, 0.3) is 11.3 Å². The Morgan fingerprint density at radius 1 is 1.15 bits per heavy atom. The first-order chi connectivity index (χ1) is 9.29. The van der Waals surface area contributed by atoms with Crippen LogP contribution in [0.4, 0.5) is 13.2 Å². The molecule has 0 aliphatic rings. The lowest BCUT2D eigenvalue weighted by Crippen LogP contribution is -2.10. The molecule has 20 heavy (non-hydrogen) atoms. The molecule has 0 aliphatic carbocycles. The molecule has 2 aromatic heterocycles. The lowest BCUT2D eigenvalue weighted by Gasteiger charge is -2.09. The Morgan fingerprint density at radius 3 is 2.20 bits per heavy atom. The van der Waals surface area contributed by atoms with Gasteiger partial charge in [0.15, 0.2) is 0 Å². The minimum atomic E-state index is -4.58. The number of nitrogens with zero attached hydrogens (tertiary/aromatic N) is 3. The van der Waals surface area contributed by atoms with Crippen LogP contribution in [0.5, 0.6) is 0 Å². The molecule has 4 nitrogen and oxygen atoms in total. The van der Waals surface area contributed by atoms with Gasteiger partial charge in [-0.15, -0.1) is 0 Å². The lowest BCUT2D eigenvalue weighted by atomic mass is 10.1. The van der Waals surface area contributed by atoms with Gasteiger partial charge in [-0.25, -0.2) is 9.97 Å². The molecule has 0 saturated carbocycles. The summed E-state index contributed by atoms with van der Waals surface area (Å²) in [6, 6.07) is 1.44. The molecule has 0 spiro atoms. The van der Waals surface area contributed by atoms with Crippen molar-refractivity contribution >= 4 is 11.6 Å². The maximum Gasteiger partial charge on any atom is 0.451 e. The molecular formula is C12H9ClF3N3O. The fourth-order valence-electron chi connectivity index (χ4n) is 1.51. The normalized spacial score (nSPS) is 13.3. The lowest BCUT2D eigenvalue weighted by molar-refractivity contribution is -0.144. The van der Waals surface area contributed by atoms with Gasteiger partial charge in [0.2, 0.25) is 5.82 Å². The molecule has 0 fully saturated rings. The predicted octanol–water partition coefficient (Wildman–Crippen LogP) is 3.26. The topological polar surface area (TPSA) is 58.9 Å². The van der Waals surface area contributed by atoms with Gasteiger partial charge in [-0.2, -0.15) is 13.2 Å². The third-order valence-electron chi connectivity index (χ3n) is 2.53. The van der Waals surface area contributed by atoms with Crippen molar-refractivity contribution in [3.05, 3.63) is 41.1 Å². The molecule has 0 amide bonds. The van der Waals surface area contributed by atoms with E-state index >= 15 is 0 Å². The maximum absolute atomic E-state index is 12.3. The second kappa shape index (κ2) is 5.34. The van der Waals surface area contributed by atoms with E-state index in [1.807, 2.05) is 0 Å². The zero-order valence-electron chi connectivity index (χ0n) is 10.2. The first-order valence-electron chi connectivity index (χ1n) is 5.52. The Balaban J connectivity index is 2.35. The molecule has 2 heterocycles. The summed E-state index contributed by atoms with van der Waals surface area (Å²) in [4.78, 5) is 10.5. The van der Waals surface area contributed by atoms with Gasteiger partial charge in [-0.05, 0) is 13.0 Å². The third-order valence-corrected chi connectivity index (χ3v) is 2.86. The predicted molar refractivity (Wildman–Crippen MR) is 65.9 cm³/mol. The van der Waals surface area contributed by atoms with Gasteiger partial charge in [0.1, 0.15) is 0 Å². The number of halogens is 4. The molecule has 0 radical (unpaired) electrons. The van der Waals surface area contributed by atoms with Crippen LogP contribution >= 0.6 is 11.6 Å². The highest BCUT2D eigenvalue weighted by Crippen LogP contribution is 2.28. The van der Waals surface area contributed by atoms with Crippen molar-refractivity contribution in [1.29, 1.82) is 0 Å². The highest BCUT2D eigenvalue weighted by Gasteiger charge is 2.34. The van der Waals surface area contributed by atoms with E-state index in [4.69, 9.17) is 11.6 Å². The molecule has 106 valence electrons. The first-order valence-corrected chi connectivity index (χ1v) is 5.90. The Labute approximate surface area is 117 Å². The van der Waals surface area contributed by atoms with Gasteiger partial charge in [0, 0.05) is 29.7 Å². The van der Waals surface area contributed by atoms with E-state index in [1.54, 1.807) is 0 Å². The molecule has 0 saturated heterocycles. The standard InChI is InChI=1S/C12H9ClF3N3O/c1-6(20)8-5-17-10(2-9(8)13)7-3-18-11(19-4-7)12(14,15)16/h2-6,20H,1H3. The fourth-order valence-corrected chi connectivity index (χ4v) is 1.82. The number of hydrogen-bond donors (Lipinski definition) is 1. The second-order valence-corrected chi connectivity index (χ2v) is 4.47. The van der Waals surface area contributed by atoms with Gasteiger partial charge in [0.25, 0.3) is 0 Å². The average Bonchev–Trinajstić information content (AvgIpc) is 2.37. The summed E-state index contributed by atoms with van der Waals surface area (Å²) in [6.45, 7) is 1.53. The number of aromatic nitrogens is 3.